The number of nitrogens with two attached hydrogens (primary N) is 1. The van der Waals surface area contributed by atoms with Crippen LogP contribution in [-0.2, 0) is 7.05 Å². The van der Waals surface area contributed by atoms with Gasteiger partial charge in [0.2, 0.25) is 18.3 Å². The number of benzene rings is 1. The summed E-state index contributed by atoms with van der Waals surface area (Å²) in [5.41, 5.74) is 8.91. The Morgan fingerprint density at radius 1 is 1.03 bits per heavy atom. The van der Waals surface area contributed by atoms with Crippen molar-refractivity contribution in [3.8, 4) is 22.6 Å². The number of anilines is 4. The second-order valence-corrected chi connectivity index (χ2v) is 8.12. The number of pyridine rings is 1. The van der Waals surface area contributed by atoms with Crippen LogP contribution in [0.2, 0.25) is 0 Å². The van der Waals surface area contributed by atoms with Crippen LogP contribution in [0, 0.1) is 5.92 Å². The molecular weight excluding hydrogens is 440 g/mol. The Hall–Kier alpha value is -4.15. The number of aryl methyl sites for hydroxylation is 1. The van der Waals surface area contributed by atoms with Gasteiger partial charge in [0.1, 0.15) is 5.82 Å². The van der Waals surface area contributed by atoms with E-state index in [0.717, 1.165) is 22.5 Å². The van der Waals surface area contributed by atoms with Gasteiger partial charge in [0, 0.05) is 55.3 Å². The van der Waals surface area contributed by atoms with Crippen molar-refractivity contribution in [2.45, 2.75) is 12.8 Å². The molecule has 0 bridgehead atoms. The summed E-state index contributed by atoms with van der Waals surface area (Å²) in [4.78, 5) is 19.1. The van der Waals surface area contributed by atoms with Gasteiger partial charge >= 0.3 is 0 Å². The summed E-state index contributed by atoms with van der Waals surface area (Å²) in [6.07, 6.45) is 1.48. The van der Waals surface area contributed by atoms with Gasteiger partial charge in [-0.2, -0.15) is 4.98 Å². The van der Waals surface area contributed by atoms with Gasteiger partial charge in [-0.3, -0.25) is 0 Å². The maximum absolute atomic E-state index is 12.9. The highest BCUT2D eigenvalue weighted by atomic mass is 19.3. The van der Waals surface area contributed by atoms with Gasteiger partial charge in [0.15, 0.2) is 5.82 Å². The average molecular weight is 463 g/mol. The third-order valence-electron chi connectivity index (χ3n) is 5.79. The SMILES string of the molecule is Cn1nc(-c2ccc(N3CCC(C(F)F)C3)nc2)nc1Nc1ccc(-c2ccnc(N)n2)cc1. The lowest BCUT2D eigenvalue weighted by Gasteiger charge is -2.17. The van der Waals surface area contributed by atoms with Crippen molar-refractivity contribution in [3.63, 3.8) is 0 Å². The van der Waals surface area contributed by atoms with Crippen LogP contribution in [0.5, 0.6) is 0 Å². The molecule has 9 nitrogen and oxygen atoms in total. The van der Waals surface area contributed by atoms with Crippen LogP contribution in [0.15, 0.2) is 54.9 Å². The van der Waals surface area contributed by atoms with E-state index in [1.54, 1.807) is 30.2 Å². The number of rotatable bonds is 6. The highest BCUT2D eigenvalue weighted by Gasteiger charge is 2.30. The zero-order chi connectivity index (χ0) is 23.7. The molecule has 4 heterocycles. The van der Waals surface area contributed by atoms with Gasteiger partial charge in [0.25, 0.3) is 0 Å². The summed E-state index contributed by atoms with van der Waals surface area (Å²) in [7, 11) is 1.80. The molecule has 0 amide bonds. The van der Waals surface area contributed by atoms with Gasteiger partial charge in [-0.1, -0.05) is 12.1 Å². The minimum absolute atomic E-state index is 0.228. The second kappa shape index (κ2) is 9.00. The van der Waals surface area contributed by atoms with Crippen molar-refractivity contribution < 1.29 is 8.78 Å². The Bertz CT molecular complexity index is 1270. The van der Waals surface area contributed by atoms with E-state index in [9.17, 15) is 8.78 Å². The van der Waals surface area contributed by atoms with E-state index in [-0.39, 0.29) is 5.95 Å². The zero-order valence-electron chi connectivity index (χ0n) is 18.4. The number of nitrogen functional groups attached to an aromatic ring is 1. The molecule has 4 aromatic rings. The van der Waals surface area contributed by atoms with Crippen molar-refractivity contribution in [2.75, 3.05) is 29.0 Å². The summed E-state index contributed by atoms with van der Waals surface area (Å²) >= 11 is 0. The van der Waals surface area contributed by atoms with Crippen LogP contribution >= 0.6 is 0 Å². The number of hydrogen-bond donors (Lipinski definition) is 2. The third-order valence-corrected chi connectivity index (χ3v) is 5.79. The third kappa shape index (κ3) is 4.49. The van der Waals surface area contributed by atoms with Crippen LogP contribution in [0.4, 0.5) is 32.2 Å². The topological polar surface area (TPSA) is 111 Å². The molecule has 1 aliphatic heterocycles. The van der Waals surface area contributed by atoms with E-state index >= 15 is 0 Å². The first-order valence-electron chi connectivity index (χ1n) is 10.8. The van der Waals surface area contributed by atoms with E-state index in [0.29, 0.717) is 37.1 Å². The zero-order valence-corrected chi connectivity index (χ0v) is 18.4. The number of halogens is 2. The first-order valence-corrected chi connectivity index (χ1v) is 10.8. The molecule has 1 fully saturated rings. The smallest absolute Gasteiger partial charge is 0.243 e. The molecule has 3 aromatic heterocycles. The van der Waals surface area contributed by atoms with Gasteiger partial charge in [-0.05, 0) is 36.8 Å². The molecule has 0 spiro atoms. The fourth-order valence-electron chi connectivity index (χ4n) is 3.91. The minimum atomic E-state index is -2.30. The van der Waals surface area contributed by atoms with Gasteiger partial charge in [-0.15, -0.1) is 5.10 Å². The largest absolute Gasteiger partial charge is 0.368 e. The van der Waals surface area contributed by atoms with Gasteiger partial charge in [0.05, 0.1) is 5.69 Å². The molecule has 1 aromatic carbocycles. The summed E-state index contributed by atoms with van der Waals surface area (Å²) in [6, 6.07) is 13.2. The van der Waals surface area contributed by atoms with E-state index in [1.165, 1.54) is 0 Å². The molecule has 11 heteroatoms. The summed E-state index contributed by atoms with van der Waals surface area (Å²) < 4.78 is 27.5. The molecule has 1 unspecified atom stereocenters. The Kier molecular flexibility index (Phi) is 5.74. The van der Waals surface area contributed by atoms with Crippen molar-refractivity contribution in [3.05, 3.63) is 54.9 Å². The summed E-state index contributed by atoms with van der Waals surface area (Å²) in [5, 5.41) is 7.73. The molecule has 1 atom stereocenters. The Labute approximate surface area is 194 Å². The van der Waals surface area contributed by atoms with Crippen molar-refractivity contribution in [1.29, 1.82) is 0 Å². The minimum Gasteiger partial charge on any atom is -0.368 e. The van der Waals surface area contributed by atoms with Crippen LogP contribution in [0.1, 0.15) is 6.42 Å². The molecule has 34 heavy (non-hydrogen) atoms. The van der Waals surface area contributed by atoms with Crippen LogP contribution < -0.4 is 16.0 Å². The maximum Gasteiger partial charge on any atom is 0.243 e. The number of alkyl halides is 2. The van der Waals surface area contributed by atoms with E-state index < -0.39 is 12.3 Å². The average Bonchev–Trinajstić information content (AvgIpc) is 3.47. The predicted octanol–water partition coefficient (Wildman–Crippen LogP) is 3.75. The lowest BCUT2D eigenvalue weighted by Crippen LogP contribution is -2.22. The van der Waals surface area contributed by atoms with E-state index in [4.69, 9.17) is 5.73 Å². The molecule has 3 N–H and O–H groups in total. The molecule has 1 aliphatic rings. The fraction of sp³-hybridized carbons (Fsp3) is 0.261. The van der Waals surface area contributed by atoms with Crippen LogP contribution in [0.25, 0.3) is 22.6 Å². The van der Waals surface area contributed by atoms with Crippen molar-refractivity contribution in [2.24, 2.45) is 13.0 Å². The molecule has 5 rings (SSSR count). The summed E-state index contributed by atoms with van der Waals surface area (Å²) in [6.45, 7) is 0.907. The standard InChI is InChI=1S/C23H23F2N9/c1-33-23(29-17-5-2-14(3-6-17)18-8-10-27-22(26)30-18)31-21(32-33)15-4-7-19(28-12-15)34-11-9-16(13-34)20(24)25/h2-8,10,12,16,20H,9,11,13H2,1H3,(H2,26,27,30)(H,29,31,32). The molecule has 1 saturated heterocycles. The Morgan fingerprint density at radius 3 is 2.50 bits per heavy atom. The van der Waals surface area contributed by atoms with Crippen LogP contribution in [-0.4, -0.2) is 49.2 Å². The first kappa shape index (κ1) is 21.7. The number of nitrogens with one attached hydrogen (secondary N) is 1. The highest BCUT2D eigenvalue weighted by Crippen LogP contribution is 2.28. The molecular formula is C23H23F2N9. The van der Waals surface area contributed by atoms with Gasteiger partial charge in [-0.25, -0.2) is 28.4 Å². The molecule has 0 radical (unpaired) electrons. The lowest BCUT2D eigenvalue weighted by atomic mass is 10.1. The fourth-order valence-corrected chi connectivity index (χ4v) is 3.91. The van der Waals surface area contributed by atoms with E-state index in [2.05, 4.69) is 30.4 Å². The highest BCUT2D eigenvalue weighted by molar-refractivity contribution is 5.66. The lowest BCUT2D eigenvalue weighted by molar-refractivity contribution is 0.0880. The second-order valence-electron chi connectivity index (χ2n) is 8.12. The molecule has 0 saturated carbocycles. The molecule has 0 aliphatic carbocycles. The monoisotopic (exact) mass is 463 g/mol. The first-order chi connectivity index (χ1) is 16.5. The number of aromatic nitrogens is 6. The Morgan fingerprint density at radius 2 is 1.82 bits per heavy atom. The van der Waals surface area contributed by atoms with Crippen molar-refractivity contribution in [1.82, 2.24) is 29.7 Å². The predicted molar refractivity (Wildman–Crippen MR) is 126 cm³/mol. The van der Waals surface area contributed by atoms with Gasteiger partial charge < -0.3 is 16.0 Å². The number of nitrogens with zero attached hydrogens (tertiary/aromatic N) is 7. The Balaban J connectivity index is 1.28. The quantitative estimate of drug-likeness (QED) is 0.445. The number of hydrogen-bond acceptors (Lipinski definition) is 8. The maximum atomic E-state index is 12.9. The van der Waals surface area contributed by atoms with E-state index in [1.807, 2.05) is 41.3 Å². The van der Waals surface area contributed by atoms with Crippen molar-refractivity contribution >= 4 is 23.4 Å². The summed E-state index contributed by atoms with van der Waals surface area (Å²) in [5.74, 6) is 1.40. The van der Waals surface area contributed by atoms with Crippen LogP contribution in [0.3, 0.4) is 0 Å². The molecule has 174 valence electrons. The normalized spacial score (nSPS) is 15.8.